The number of hydrogen-bond acceptors (Lipinski definition) is 3. The average Bonchev–Trinajstić information content (AvgIpc) is 2.42. The van der Waals surface area contributed by atoms with Gasteiger partial charge >= 0.3 is 0 Å². The highest BCUT2D eigenvalue weighted by molar-refractivity contribution is 5.17. The molecule has 0 radical (unpaired) electrons. The van der Waals surface area contributed by atoms with Crippen molar-refractivity contribution in [2.24, 2.45) is 0 Å². The number of nitrogens with one attached hydrogen (secondary N) is 1. The third-order valence-corrected chi connectivity index (χ3v) is 3.84. The Morgan fingerprint density at radius 2 is 2.00 bits per heavy atom. The summed E-state index contributed by atoms with van der Waals surface area (Å²) < 4.78 is 13.6. The van der Waals surface area contributed by atoms with Crippen molar-refractivity contribution in [2.75, 3.05) is 26.2 Å². The zero-order chi connectivity index (χ0) is 13.7. The fourth-order valence-electron chi connectivity index (χ4n) is 2.53. The molecule has 1 saturated heterocycles. The molecule has 1 aromatic rings. The second-order valence-electron chi connectivity index (χ2n) is 5.37. The zero-order valence-electron chi connectivity index (χ0n) is 11.5. The maximum Gasteiger partial charge on any atom is 0.127 e. The van der Waals surface area contributed by atoms with Crippen molar-refractivity contribution in [2.45, 2.75) is 31.9 Å². The SMILES string of the molecule is CCNCC1(O)CCN(Cc2ccccc2F)CC1. The van der Waals surface area contributed by atoms with Crippen LogP contribution in [0.3, 0.4) is 0 Å². The van der Waals surface area contributed by atoms with Gasteiger partial charge in [-0.15, -0.1) is 0 Å². The molecule has 3 nitrogen and oxygen atoms in total. The van der Waals surface area contributed by atoms with Crippen LogP contribution in [0.4, 0.5) is 4.39 Å². The molecule has 0 aromatic heterocycles. The number of piperidine rings is 1. The molecular weight excluding hydrogens is 243 g/mol. The van der Waals surface area contributed by atoms with Gasteiger partial charge in [-0.25, -0.2) is 4.39 Å². The highest BCUT2D eigenvalue weighted by Gasteiger charge is 2.31. The lowest BCUT2D eigenvalue weighted by molar-refractivity contribution is -0.0214. The smallest absolute Gasteiger partial charge is 0.127 e. The number of nitrogens with zero attached hydrogens (tertiary/aromatic N) is 1. The van der Waals surface area contributed by atoms with E-state index in [1.54, 1.807) is 6.07 Å². The summed E-state index contributed by atoms with van der Waals surface area (Å²) in [7, 11) is 0. The quantitative estimate of drug-likeness (QED) is 0.852. The molecule has 1 aliphatic heterocycles. The van der Waals surface area contributed by atoms with Crippen molar-refractivity contribution < 1.29 is 9.50 Å². The molecule has 0 amide bonds. The van der Waals surface area contributed by atoms with Gasteiger partial charge in [-0.05, 0) is 25.5 Å². The van der Waals surface area contributed by atoms with Crippen LogP contribution in [-0.4, -0.2) is 41.8 Å². The number of aliphatic hydroxyl groups is 1. The standard InChI is InChI=1S/C15H23FN2O/c1-2-17-12-15(19)7-9-18(10-8-15)11-13-5-3-4-6-14(13)16/h3-6,17,19H,2,7-12H2,1H3. The lowest BCUT2D eigenvalue weighted by Gasteiger charge is -2.38. The zero-order valence-corrected chi connectivity index (χ0v) is 11.5. The summed E-state index contributed by atoms with van der Waals surface area (Å²) in [5, 5.41) is 13.6. The van der Waals surface area contributed by atoms with Gasteiger partial charge in [0.1, 0.15) is 5.82 Å². The normalized spacial score (nSPS) is 19.5. The van der Waals surface area contributed by atoms with Gasteiger partial charge in [0.25, 0.3) is 0 Å². The first-order chi connectivity index (χ1) is 9.13. The van der Waals surface area contributed by atoms with Gasteiger partial charge in [0.05, 0.1) is 5.60 Å². The maximum absolute atomic E-state index is 13.6. The Balaban J connectivity index is 1.85. The van der Waals surface area contributed by atoms with Crippen LogP contribution in [0.2, 0.25) is 0 Å². The number of benzene rings is 1. The Hall–Kier alpha value is -0.970. The molecule has 2 rings (SSSR count). The number of likely N-dealkylation sites (tertiary alicyclic amines) is 1. The van der Waals surface area contributed by atoms with E-state index in [0.29, 0.717) is 13.1 Å². The summed E-state index contributed by atoms with van der Waals surface area (Å²) >= 11 is 0. The molecule has 106 valence electrons. The van der Waals surface area contributed by atoms with Crippen LogP contribution in [0, 0.1) is 5.82 Å². The highest BCUT2D eigenvalue weighted by atomic mass is 19.1. The Labute approximate surface area is 114 Å². The van der Waals surface area contributed by atoms with Crippen LogP contribution >= 0.6 is 0 Å². The topological polar surface area (TPSA) is 35.5 Å². The summed E-state index contributed by atoms with van der Waals surface area (Å²) in [5.74, 6) is -0.143. The van der Waals surface area contributed by atoms with Crippen LogP contribution in [0.25, 0.3) is 0 Å². The minimum atomic E-state index is -0.595. The molecule has 1 aliphatic rings. The van der Waals surface area contributed by atoms with Gasteiger partial charge in [-0.1, -0.05) is 25.1 Å². The largest absolute Gasteiger partial charge is 0.388 e. The van der Waals surface area contributed by atoms with Gasteiger partial charge in [-0.3, -0.25) is 4.90 Å². The number of hydrogen-bond donors (Lipinski definition) is 2. The first-order valence-electron chi connectivity index (χ1n) is 7.02. The molecule has 19 heavy (non-hydrogen) atoms. The van der Waals surface area contributed by atoms with E-state index in [9.17, 15) is 9.50 Å². The minimum Gasteiger partial charge on any atom is -0.388 e. The molecule has 1 fully saturated rings. The van der Waals surface area contributed by atoms with E-state index in [0.717, 1.165) is 38.0 Å². The molecule has 0 spiro atoms. The Bertz CT molecular complexity index is 403. The number of likely N-dealkylation sites (N-methyl/N-ethyl adjacent to an activating group) is 1. The lowest BCUT2D eigenvalue weighted by Crippen LogP contribution is -2.49. The average molecular weight is 266 g/mol. The van der Waals surface area contributed by atoms with Crippen molar-refractivity contribution in [3.63, 3.8) is 0 Å². The van der Waals surface area contributed by atoms with E-state index in [4.69, 9.17) is 0 Å². The van der Waals surface area contributed by atoms with E-state index >= 15 is 0 Å². The first kappa shape index (κ1) is 14.4. The lowest BCUT2D eigenvalue weighted by atomic mass is 9.91. The molecule has 4 heteroatoms. The summed E-state index contributed by atoms with van der Waals surface area (Å²) in [6.07, 6.45) is 1.49. The second-order valence-corrected chi connectivity index (χ2v) is 5.37. The Kier molecular flexibility index (Phi) is 4.91. The van der Waals surface area contributed by atoms with E-state index in [2.05, 4.69) is 10.2 Å². The van der Waals surface area contributed by atoms with Crippen LogP contribution in [-0.2, 0) is 6.54 Å². The molecule has 0 atom stereocenters. The Morgan fingerprint density at radius 3 is 2.63 bits per heavy atom. The molecule has 0 unspecified atom stereocenters. The fourth-order valence-corrected chi connectivity index (χ4v) is 2.53. The van der Waals surface area contributed by atoms with Crippen LogP contribution in [0.15, 0.2) is 24.3 Å². The van der Waals surface area contributed by atoms with Gasteiger partial charge in [0, 0.05) is 31.7 Å². The number of halogens is 1. The summed E-state index contributed by atoms with van der Waals surface area (Å²) in [4.78, 5) is 2.21. The Morgan fingerprint density at radius 1 is 1.32 bits per heavy atom. The molecular formula is C15H23FN2O. The van der Waals surface area contributed by atoms with Gasteiger partial charge in [-0.2, -0.15) is 0 Å². The van der Waals surface area contributed by atoms with E-state index in [1.807, 2.05) is 19.1 Å². The fraction of sp³-hybridized carbons (Fsp3) is 0.600. The van der Waals surface area contributed by atoms with Crippen LogP contribution in [0.1, 0.15) is 25.3 Å². The molecule has 1 aromatic carbocycles. The summed E-state index contributed by atoms with van der Waals surface area (Å²) in [6.45, 7) is 5.82. The van der Waals surface area contributed by atoms with Crippen molar-refractivity contribution in [3.05, 3.63) is 35.6 Å². The van der Waals surface area contributed by atoms with Gasteiger partial charge < -0.3 is 10.4 Å². The van der Waals surface area contributed by atoms with E-state index < -0.39 is 5.60 Å². The molecule has 0 bridgehead atoms. The van der Waals surface area contributed by atoms with Crippen molar-refractivity contribution >= 4 is 0 Å². The van der Waals surface area contributed by atoms with Crippen molar-refractivity contribution in [1.29, 1.82) is 0 Å². The molecule has 0 saturated carbocycles. The molecule has 1 heterocycles. The van der Waals surface area contributed by atoms with E-state index in [-0.39, 0.29) is 5.82 Å². The maximum atomic E-state index is 13.6. The van der Waals surface area contributed by atoms with Crippen LogP contribution < -0.4 is 5.32 Å². The predicted molar refractivity (Wildman–Crippen MR) is 74.4 cm³/mol. The van der Waals surface area contributed by atoms with Crippen LogP contribution in [0.5, 0.6) is 0 Å². The first-order valence-corrected chi connectivity index (χ1v) is 7.02. The third kappa shape index (κ3) is 4.00. The van der Waals surface area contributed by atoms with Gasteiger partial charge in [0.15, 0.2) is 0 Å². The van der Waals surface area contributed by atoms with Gasteiger partial charge in [0.2, 0.25) is 0 Å². The highest BCUT2D eigenvalue weighted by Crippen LogP contribution is 2.23. The number of rotatable bonds is 5. The monoisotopic (exact) mass is 266 g/mol. The summed E-state index contributed by atoms with van der Waals surface area (Å²) in [5.41, 5.74) is 0.140. The second kappa shape index (κ2) is 6.46. The predicted octanol–water partition coefficient (Wildman–Crippen LogP) is 1.76. The molecule has 0 aliphatic carbocycles. The van der Waals surface area contributed by atoms with Crippen molar-refractivity contribution in [3.8, 4) is 0 Å². The van der Waals surface area contributed by atoms with Crippen molar-refractivity contribution in [1.82, 2.24) is 10.2 Å². The molecule has 2 N–H and O–H groups in total. The third-order valence-electron chi connectivity index (χ3n) is 3.84. The summed E-state index contributed by atoms with van der Waals surface area (Å²) in [6, 6.07) is 6.91. The minimum absolute atomic E-state index is 0.143. The van der Waals surface area contributed by atoms with E-state index in [1.165, 1.54) is 6.07 Å².